The molecule has 178 valence electrons. The Morgan fingerprint density at radius 3 is 2.69 bits per heavy atom. The first-order valence-electron chi connectivity index (χ1n) is 12.0. The Hall–Kier alpha value is -3.97. The lowest BCUT2D eigenvalue weighted by Crippen LogP contribution is -2.45. The van der Waals surface area contributed by atoms with Crippen molar-refractivity contribution in [3.8, 4) is 6.07 Å². The highest BCUT2D eigenvalue weighted by Gasteiger charge is 2.46. The number of aromatic nitrogens is 4. The molecule has 4 heterocycles. The molecule has 1 amide bonds. The maximum absolute atomic E-state index is 13.3. The summed E-state index contributed by atoms with van der Waals surface area (Å²) in [5, 5.41) is 14.1. The summed E-state index contributed by atoms with van der Waals surface area (Å²) in [4.78, 5) is 25.9. The van der Waals surface area contributed by atoms with Gasteiger partial charge in [0.25, 0.3) is 5.91 Å². The number of nitrogen functional groups attached to an aromatic ring is 1. The van der Waals surface area contributed by atoms with Crippen LogP contribution in [0.2, 0.25) is 0 Å². The molecule has 1 aliphatic carbocycles. The molecule has 2 aromatic heterocycles. The van der Waals surface area contributed by atoms with E-state index in [1.54, 1.807) is 21.8 Å². The molecule has 6 rings (SSSR count). The minimum absolute atomic E-state index is 0.00157. The van der Waals surface area contributed by atoms with Crippen LogP contribution in [-0.2, 0) is 13.0 Å². The summed E-state index contributed by atoms with van der Waals surface area (Å²) in [5.74, 6) is 0.794. The van der Waals surface area contributed by atoms with Crippen LogP contribution in [0.15, 0.2) is 36.5 Å². The number of benzene rings is 1. The predicted octanol–water partition coefficient (Wildman–Crippen LogP) is 2.02. The third-order valence-corrected chi connectivity index (χ3v) is 7.83. The van der Waals surface area contributed by atoms with E-state index in [2.05, 4.69) is 39.3 Å². The van der Waals surface area contributed by atoms with Crippen molar-refractivity contribution in [1.82, 2.24) is 19.7 Å². The van der Waals surface area contributed by atoms with E-state index in [-0.39, 0.29) is 34.6 Å². The molecule has 3 aromatic rings. The number of nitrogens with two attached hydrogens (primary N) is 2. The summed E-state index contributed by atoms with van der Waals surface area (Å²) in [6.45, 7) is 2.68. The van der Waals surface area contributed by atoms with Crippen molar-refractivity contribution in [3.05, 3.63) is 59.0 Å². The number of rotatable bonds is 2. The molecule has 1 aromatic carbocycles. The number of piperidine rings is 1. The minimum atomic E-state index is -0.369. The summed E-state index contributed by atoms with van der Waals surface area (Å²) in [6.07, 6.45) is 5.18. The van der Waals surface area contributed by atoms with E-state index >= 15 is 0 Å². The SMILES string of the molecule is N#Cc1nc(C(=O)N2CCCn3nccc32)c(N)nc1N1CCC2(CC1)Cc1ccccc1[C@H]2N. The number of fused-ring (bicyclic) bond motifs is 2. The van der Waals surface area contributed by atoms with Crippen molar-refractivity contribution in [1.29, 1.82) is 5.26 Å². The first kappa shape index (κ1) is 21.6. The number of nitrogens with zero attached hydrogens (tertiary/aromatic N) is 7. The van der Waals surface area contributed by atoms with Crippen LogP contribution in [-0.4, -0.2) is 45.3 Å². The Labute approximate surface area is 203 Å². The smallest absolute Gasteiger partial charge is 0.281 e. The number of hydrogen-bond acceptors (Lipinski definition) is 8. The van der Waals surface area contributed by atoms with Crippen molar-refractivity contribution in [2.45, 2.75) is 38.3 Å². The van der Waals surface area contributed by atoms with Crippen LogP contribution in [0.25, 0.3) is 0 Å². The highest BCUT2D eigenvalue weighted by molar-refractivity contribution is 6.07. The fourth-order valence-electron chi connectivity index (χ4n) is 5.92. The standard InChI is InChI=1S/C25H27N9O/c26-15-18-23(32-12-7-25(8-13-32)14-16-4-1-2-5-17(16)21(25)27)31-22(28)20(30-18)24(35)33-10-3-11-34-19(33)6-9-29-34/h1-2,4-6,9,21H,3,7-8,10-14,27H2,(H2,28,31)/t21-/m1/s1. The topological polar surface area (TPSA) is 143 Å². The van der Waals surface area contributed by atoms with Gasteiger partial charge in [0.05, 0.1) is 6.20 Å². The van der Waals surface area contributed by atoms with Gasteiger partial charge in [0.1, 0.15) is 11.9 Å². The third kappa shape index (κ3) is 3.34. The van der Waals surface area contributed by atoms with Crippen LogP contribution >= 0.6 is 0 Å². The zero-order chi connectivity index (χ0) is 24.2. The fourth-order valence-corrected chi connectivity index (χ4v) is 5.92. The second-order valence-corrected chi connectivity index (χ2v) is 9.67. The van der Waals surface area contributed by atoms with Gasteiger partial charge < -0.3 is 16.4 Å². The average Bonchev–Trinajstić information content (AvgIpc) is 3.47. The van der Waals surface area contributed by atoms with E-state index in [4.69, 9.17) is 11.5 Å². The number of nitriles is 1. The molecule has 2 aliphatic heterocycles. The lowest BCUT2D eigenvalue weighted by molar-refractivity contribution is 0.0977. The van der Waals surface area contributed by atoms with E-state index in [0.717, 1.165) is 32.2 Å². The maximum Gasteiger partial charge on any atom is 0.281 e. The summed E-state index contributed by atoms with van der Waals surface area (Å²) in [6, 6.07) is 12.3. The summed E-state index contributed by atoms with van der Waals surface area (Å²) < 4.78 is 1.78. The lowest BCUT2D eigenvalue weighted by Gasteiger charge is -2.42. The van der Waals surface area contributed by atoms with E-state index in [0.29, 0.717) is 31.3 Å². The van der Waals surface area contributed by atoms with Gasteiger partial charge in [-0.2, -0.15) is 10.4 Å². The molecular weight excluding hydrogens is 442 g/mol. The molecule has 10 heteroatoms. The molecule has 4 N–H and O–H groups in total. The molecule has 0 saturated carbocycles. The van der Waals surface area contributed by atoms with E-state index in [1.165, 1.54) is 11.1 Å². The van der Waals surface area contributed by atoms with Gasteiger partial charge in [-0.05, 0) is 42.2 Å². The molecule has 35 heavy (non-hydrogen) atoms. The van der Waals surface area contributed by atoms with Crippen molar-refractivity contribution >= 4 is 23.4 Å². The van der Waals surface area contributed by atoms with Crippen LogP contribution in [0.5, 0.6) is 0 Å². The molecule has 1 atom stereocenters. The Balaban J connectivity index is 1.24. The van der Waals surface area contributed by atoms with E-state index in [9.17, 15) is 10.1 Å². The Morgan fingerprint density at radius 2 is 1.91 bits per heavy atom. The molecule has 0 bridgehead atoms. The Morgan fingerprint density at radius 1 is 1.11 bits per heavy atom. The van der Waals surface area contributed by atoms with Gasteiger partial charge in [0.2, 0.25) is 0 Å². The molecule has 1 fully saturated rings. The van der Waals surface area contributed by atoms with Crippen LogP contribution in [0.1, 0.15) is 52.6 Å². The van der Waals surface area contributed by atoms with Gasteiger partial charge >= 0.3 is 0 Å². The minimum Gasteiger partial charge on any atom is -0.382 e. The molecule has 1 saturated heterocycles. The van der Waals surface area contributed by atoms with Gasteiger partial charge in [-0.3, -0.25) is 9.69 Å². The van der Waals surface area contributed by atoms with Gasteiger partial charge in [-0.25, -0.2) is 14.6 Å². The molecule has 10 nitrogen and oxygen atoms in total. The number of carbonyl (C=O) groups excluding carboxylic acids is 1. The highest BCUT2D eigenvalue weighted by atomic mass is 16.2. The highest BCUT2D eigenvalue weighted by Crippen LogP contribution is 2.51. The van der Waals surface area contributed by atoms with Crippen LogP contribution in [0.3, 0.4) is 0 Å². The van der Waals surface area contributed by atoms with Crippen molar-refractivity contribution < 1.29 is 4.79 Å². The molecule has 0 unspecified atom stereocenters. The fraction of sp³-hybridized carbons (Fsp3) is 0.400. The van der Waals surface area contributed by atoms with E-state index in [1.807, 2.05) is 11.0 Å². The molecule has 0 radical (unpaired) electrons. The van der Waals surface area contributed by atoms with Crippen molar-refractivity contribution in [2.75, 3.05) is 35.2 Å². The quantitative estimate of drug-likeness (QED) is 0.580. The second kappa shape index (κ2) is 8.06. The zero-order valence-corrected chi connectivity index (χ0v) is 19.4. The van der Waals surface area contributed by atoms with Gasteiger partial charge in [0, 0.05) is 38.3 Å². The average molecular weight is 470 g/mol. The first-order chi connectivity index (χ1) is 17.0. The van der Waals surface area contributed by atoms with Crippen LogP contribution in [0.4, 0.5) is 17.5 Å². The lowest BCUT2D eigenvalue weighted by atomic mass is 9.73. The summed E-state index contributed by atoms with van der Waals surface area (Å²) in [5.41, 5.74) is 15.7. The number of amides is 1. The van der Waals surface area contributed by atoms with Crippen molar-refractivity contribution in [2.24, 2.45) is 11.1 Å². The molecule has 3 aliphatic rings. The number of anilines is 3. The van der Waals surface area contributed by atoms with Crippen molar-refractivity contribution in [3.63, 3.8) is 0 Å². The normalized spacial score (nSPS) is 20.4. The molecule has 1 spiro atoms. The van der Waals surface area contributed by atoms with Gasteiger partial charge in [-0.15, -0.1) is 0 Å². The first-order valence-corrected chi connectivity index (χ1v) is 12.0. The maximum atomic E-state index is 13.3. The Kier molecular flexibility index (Phi) is 4.96. The second-order valence-electron chi connectivity index (χ2n) is 9.67. The number of carbonyl (C=O) groups is 1. The monoisotopic (exact) mass is 469 g/mol. The van der Waals surface area contributed by atoms with Gasteiger partial charge in [-0.1, -0.05) is 24.3 Å². The van der Waals surface area contributed by atoms with E-state index < -0.39 is 0 Å². The zero-order valence-electron chi connectivity index (χ0n) is 19.4. The largest absolute Gasteiger partial charge is 0.382 e. The van der Waals surface area contributed by atoms with Gasteiger partial charge in [0.15, 0.2) is 23.0 Å². The molecular formula is C25H27N9O. The van der Waals surface area contributed by atoms with Crippen LogP contribution in [0, 0.1) is 16.7 Å². The number of aryl methyl sites for hydroxylation is 1. The third-order valence-electron chi connectivity index (χ3n) is 7.83. The Bertz CT molecular complexity index is 1350. The van der Waals surface area contributed by atoms with Crippen LogP contribution < -0.4 is 21.3 Å². The number of hydrogen-bond donors (Lipinski definition) is 2. The predicted molar refractivity (Wildman–Crippen MR) is 131 cm³/mol. The summed E-state index contributed by atoms with van der Waals surface area (Å²) in [7, 11) is 0. The summed E-state index contributed by atoms with van der Waals surface area (Å²) >= 11 is 0.